The normalized spacial score (nSPS) is 13.8. The fourth-order valence-electron chi connectivity index (χ4n) is 3.13. The lowest BCUT2D eigenvalue weighted by atomic mass is 10.1. The lowest BCUT2D eigenvalue weighted by molar-refractivity contribution is 0.910. The van der Waals surface area contributed by atoms with Crippen LogP contribution in [0.3, 0.4) is 0 Å². The van der Waals surface area contributed by atoms with Crippen molar-refractivity contribution < 1.29 is 0 Å². The zero-order valence-electron chi connectivity index (χ0n) is 10.3. The second-order valence-corrected chi connectivity index (χ2v) is 4.94. The quantitative estimate of drug-likeness (QED) is 0.664. The predicted octanol–water partition coefficient (Wildman–Crippen LogP) is 2.43. The largest absolute Gasteiger partial charge is 0.385 e. The number of anilines is 1. The summed E-state index contributed by atoms with van der Waals surface area (Å²) in [5, 5.41) is 9.47. The van der Waals surface area contributed by atoms with Gasteiger partial charge in [-0.2, -0.15) is 5.26 Å². The molecule has 2 heterocycles. The molecule has 0 bridgehead atoms. The first kappa shape index (κ1) is 10.4. The molecule has 2 N–H and O–H groups in total. The first-order chi connectivity index (χ1) is 9.31. The van der Waals surface area contributed by atoms with Gasteiger partial charge in [-0.15, -0.1) is 0 Å². The summed E-state index contributed by atoms with van der Waals surface area (Å²) in [6.45, 7) is 0. The Labute approximate surface area is 110 Å². The standard InChI is InChI=1S/C15H12N4/c16-8-11-9-4-3-5-10(9)14(17)19-13-7-2-1-6-12(13)18-15(11)19/h1-2,6-7H,3-5,17H2. The average molecular weight is 248 g/mol. The van der Waals surface area contributed by atoms with Gasteiger partial charge >= 0.3 is 0 Å². The van der Waals surface area contributed by atoms with Crippen molar-refractivity contribution in [3.63, 3.8) is 0 Å². The number of hydrogen-bond donors (Lipinski definition) is 1. The van der Waals surface area contributed by atoms with Crippen LogP contribution in [-0.2, 0) is 12.8 Å². The van der Waals surface area contributed by atoms with E-state index >= 15 is 0 Å². The van der Waals surface area contributed by atoms with Crippen LogP contribution in [0.4, 0.5) is 5.82 Å². The van der Waals surface area contributed by atoms with E-state index in [0.29, 0.717) is 11.2 Å². The molecule has 0 atom stereocenters. The van der Waals surface area contributed by atoms with Gasteiger partial charge < -0.3 is 5.73 Å². The van der Waals surface area contributed by atoms with E-state index < -0.39 is 0 Å². The molecule has 4 nitrogen and oxygen atoms in total. The van der Waals surface area contributed by atoms with Crippen molar-refractivity contribution in [2.75, 3.05) is 5.73 Å². The Morgan fingerprint density at radius 1 is 1.21 bits per heavy atom. The highest BCUT2D eigenvalue weighted by molar-refractivity contribution is 5.86. The van der Waals surface area contributed by atoms with Gasteiger partial charge in [0.2, 0.25) is 0 Å². The minimum Gasteiger partial charge on any atom is -0.385 e. The summed E-state index contributed by atoms with van der Waals surface area (Å²) in [5.74, 6) is 0.746. The van der Waals surface area contributed by atoms with Crippen molar-refractivity contribution >= 4 is 22.5 Å². The van der Waals surface area contributed by atoms with Gasteiger partial charge in [0.25, 0.3) is 0 Å². The highest BCUT2D eigenvalue weighted by atomic mass is 15.1. The molecule has 3 aromatic rings. The molecule has 19 heavy (non-hydrogen) atoms. The Hall–Kier alpha value is -2.54. The summed E-state index contributed by atoms with van der Waals surface area (Å²) >= 11 is 0. The zero-order valence-corrected chi connectivity index (χ0v) is 10.3. The van der Waals surface area contributed by atoms with Gasteiger partial charge in [-0.3, -0.25) is 4.40 Å². The fraction of sp³-hybridized carbons (Fsp3) is 0.200. The van der Waals surface area contributed by atoms with E-state index in [0.717, 1.165) is 47.2 Å². The van der Waals surface area contributed by atoms with Gasteiger partial charge in [0.1, 0.15) is 11.9 Å². The third kappa shape index (κ3) is 1.19. The van der Waals surface area contributed by atoms with Gasteiger partial charge in [-0.25, -0.2) is 4.98 Å². The molecule has 4 rings (SSSR count). The van der Waals surface area contributed by atoms with Gasteiger partial charge in [-0.05, 0) is 42.5 Å². The van der Waals surface area contributed by atoms with Crippen molar-refractivity contribution in [3.05, 3.63) is 41.0 Å². The maximum absolute atomic E-state index is 9.47. The Kier molecular flexibility index (Phi) is 1.91. The van der Waals surface area contributed by atoms with Gasteiger partial charge in [0.05, 0.1) is 16.6 Å². The SMILES string of the molecule is N#Cc1c2c(c(N)n3c1nc1ccccc13)CCC2. The molecule has 0 aliphatic heterocycles. The number of imidazole rings is 1. The van der Waals surface area contributed by atoms with Crippen LogP contribution in [0.1, 0.15) is 23.1 Å². The number of nitriles is 1. The molecule has 1 aliphatic rings. The Balaban J connectivity index is 2.31. The van der Waals surface area contributed by atoms with E-state index in [9.17, 15) is 5.26 Å². The molecular formula is C15H12N4. The molecule has 0 radical (unpaired) electrons. The molecule has 0 saturated heterocycles. The van der Waals surface area contributed by atoms with Gasteiger partial charge in [-0.1, -0.05) is 12.1 Å². The molecular weight excluding hydrogens is 236 g/mol. The van der Waals surface area contributed by atoms with Crippen LogP contribution in [-0.4, -0.2) is 9.38 Å². The van der Waals surface area contributed by atoms with Crippen molar-refractivity contribution in [1.29, 1.82) is 5.26 Å². The maximum Gasteiger partial charge on any atom is 0.157 e. The molecule has 0 saturated carbocycles. The number of para-hydroxylation sites is 2. The number of hydrogen-bond acceptors (Lipinski definition) is 3. The Morgan fingerprint density at radius 2 is 2.00 bits per heavy atom. The number of aromatic nitrogens is 2. The third-order valence-electron chi connectivity index (χ3n) is 3.97. The Bertz CT molecular complexity index is 867. The predicted molar refractivity (Wildman–Crippen MR) is 73.9 cm³/mol. The van der Waals surface area contributed by atoms with Crippen LogP contribution < -0.4 is 5.73 Å². The van der Waals surface area contributed by atoms with Crippen LogP contribution in [0.2, 0.25) is 0 Å². The number of nitrogens with two attached hydrogens (primary N) is 1. The maximum atomic E-state index is 9.47. The molecule has 0 unspecified atom stereocenters. The van der Waals surface area contributed by atoms with E-state index in [1.807, 2.05) is 28.7 Å². The summed E-state index contributed by atoms with van der Waals surface area (Å²) in [4.78, 5) is 4.58. The minimum absolute atomic E-state index is 0.693. The first-order valence-electron chi connectivity index (χ1n) is 6.41. The van der Waals surface area contributed by atoms with E-state index in [1.165, 1.54) is 0 Å². The fourth-order valence-corrected chi connectivity index (χ4v) is 3.13. The smallest absolute Gasteiger partial charge is 0.157 e. The Morgan fingerprint density at radius 3 is 2.84 bits per heavy atom. The number of nitrogens with zero attached hydrogens (tertiary/aromatic N) is 3. The summed E-state index contributed by atoms with van der Waals surface area (Å²) in [6.07, 6.45) is 2.96. The van der Waals surface area contributed by atoms with Crippen molar-refractivity contribution in [3.8, 4) is 6.07 Å². The molecule has 1 aromatic carbocycles. The highest BCUT2D eigenvalue weighted by Crippen LogP contribution is 2.34. The monoisotopic (exact) mass is 248 g/mol. The number of pyridine rings is 1. The summed E-state index contributed by atoms with van der Waals surface area (Å²) < 4.78 is 1.93. The van der Waals surface area contributed by atoms with Crippen LogP contribution >= 0.6 is 0 Å². The lowest BCUT2D eigenvalue weighted by Gasteiger charge is -2.10. The molecule has 1 aliphatic carbocycles. The van der Waals surface area contributed by atoms with E-state index in [4.69, 9.17) is 5.73 Å². The molecule has 0 fully saturated rings. The van der Waals surface area contributed by atoms with Crippen molar-refractivity contribution in [1.82, 2.24) is 9.38 Å². The number of fused-ring (bicyclic) bond motifs is 4. The summed E-state index contributed by atoms with van der Waals surface area (Å²) in [6, 6.07) is 10.2. The lowest BCUT2D eigenvalue weighted by Crippen LogP contribution is -2.05. The third-order valence-corrected chi connectivity index (χ3v) is 3.97. The van der Waals surface area contributed by atoms with E-state index in [2.05, 4.69) is 11.1 Å². The summed E-state index contributed by atoms with van der Waals surface area (Å²) in [5.41, 5.74) is 11.8. The van der Waals surface area contributed by atoms with Crippen molar-refractivity contribution in [2.45, 2.75) is 19.3 Å². The van der Waals surface area contributed by atoms with Crippen LogP contribution in [0, 0.1) is 11.3 Å². The molecule has 4 heteroatoms. The van der Waals surface area contributed by atoms with E-state index in [-0.39, 0.29) is 0 Å². The minimum atomic E-state index is 0.693. The van der Waals surface area contributed by atoms with Crippen LogP contribution in [0.25, 0.3) is 16.7 Å². The summed E-state index contributed by atoms with van der Waals surface area (Å²) in [7, 11) is 0. The first-order valence-corrected chi connectivity index (χ1v) is 6.41. The second kappa shape index (κ2) is 3.48. The molecule has 0 amide bonds. The number of rotatable bonds is 0. The number of nitrogen functional groups attached to an aromatic ring is 1. The van der Waals surface area contributed by atoms with Gasteiger partial charge in [0, 0.05) is 0 Å². The number of benzene rings is 1. The van der Waals surface area contributed by atoms with Crippen LogP contribution in [0.5, 0.6) is 0 Å². The van der Waals surface area contributed by atoms with Crippen LogP contribution in [0.15, 0.2) is 24.3 Å². The molecule has 92 valence electrons. The molecule has 2 aromatic heterocycles. The van der Waals surface area contributed by atoms with Crippen molar-refractivity contribution in [2.24, 2.45) is 0 Å². The zero-order chi connectivity index (χ0) is 13.0. The highest BCUT2D eigenvalue weighted by Gasteiger charge is 2.24. The van der Waals surface area contributed by atoms with E-state index in [1.54, 1.807) is 0 Å². The average Bonchev–Trinajstić information content (AvgIpc) is 3.03. The topological polar surface area (TPSA) is 67.1 Å². The second-order valence-electron chi connectivity index (χ2n) is 4.94. The molecule has 0 spiro atoms. The van der Waals surface area contributed by atoms with Gasteiger partial charge in [0.15, 0.2) is 5.65 Å².